The molecule has 2 aromatic carbocycles. The van der Waals surface area contributed by atoms with Crippen LogP contribution in [0.3, 0.4) is 0 Å². The lowest BCUT2D eigenvalue weighted by molar-refractivity contribution is 0.112. The summed E-state index contributed by atoms with van der Waals surface area (Å²) in [5.74, 6) is 2.25. The molecule has 0 amide bonds. The SMILES string of the molecule is C=CCN1CCN(C(c2ccc(OC)c(OC)c2)c2nnnn2CCc2ccccc2)CC1. The number of hydrogen-bond acceptors (Lipinski definition) is 7. The minimum atomic E-state index is -0.0820. The highest BCUT2D eigenvalue weighted by molar-refractivity contribution is 5.45. The summed E-state index contributed by atoms with van der Waals surface area (Å²) < 4.78 is 13.0. The van der Waals surface area contributed by atoms with Gasteiger partial charge in [-0.15, -0.1) is 11.7 Å². The fourth-order valence-electron chi connectivity index (χ4n) is 4.38. The molecule has 0 aliphatic carbocycles. The maximum Gasteiger partial charge on any atom is 0.173 e. The molecule has 1 unspecified atom stereocenters. The van der Waals surface area contributed by atoms with Crippen molar-refractivity contribution < 1.29 is 9.47 Å². The van der Waals surface area contributed by atoms with E-state index >= 15 is 0 Å². The molecule has 0 bridgehead atoms. The number of aromatic nitrogens is 4. The maximum atomic E-state index is 5.60. The topological polar surface area (TPSA) is 68.5 Å². The normalized spacial score (nSPS) is 15.8. The maximum absolute atomic E-state index is 5.60. The molecule has 33 heavy (non-hydrogen) atoms. The molecule has 0 radical (unpaired) electrons. The van der Waals surface area contributed by atoms with Crippen LogP contribution in [0, 0.1) is 0 Å². The van der Waals surface area contributed by atoms with E-state index in [1.165, 1.54) is 5.56 Å². The average molecular weight is 449 g/mol. The van der Waals surface area contributed by atoms with E-state index in [0.717, 1.165) is 50.5 Å². The second kappa shape index (κ2) is 11.1. The Kier molecular flexibility index (Phi) is 7.70. The van der Waals surface area contributed by atoms with E-state index in [1.54, 1.807) is 14.2 Å². The van der Waals surface area contributed by atoms with Crippen molar-refractivity contribution in [3.63, 3.8) is 0 Å². The summed E-state index contributed by atoms with van der Waals surface area (Å²) in [5, 5.41) is 12.9. The Hall–Kier alpha value is -3.23. The van der Waals surface area contributed by atoms with Crippen LogP contribution < -0.4 is 9.47 Å². The number of methoxy groups -OCH3 is 2. The molecule has 2 heterocycles. The van der Waals surface area contributed by atoms with Crippen LogP contribution in [0.25, 0.3) is 0 Å². The van der Waals surface area contributed by atoms with Crippen LogP contribution in [0.15, 0.2) is 61.2 Å². The molecule has 1 fully saturated rings. The largest absolute Gasteiger partial charge is 0.493 e. The Morgan fingerprint density at radius 3 is 2.45 bits per heavy atom. The van der Waals surface area contributed by atoms with Crippen LogP contribution in [0.2, 0.25) is 0 Å². The standard InChI is InChI=1S/C25H32N6O2/c1-4-13-29-15-17-30(18-16-29)24(21-10-11-22(32-2)23(19-21)33-3)25-26-27-28-31(25)14-12-20-8-6-5-7-9-20/h4-11,19,24H,1,12-18H2,2-3H3. The van der Waals surface area contributed by atoms with Crippen molar-refractivity contribution in [2.75, 3.05) is 46.9 Å². The number of hydrogen-bond donors (Lipinski definition) is 0. The van der Waals surface area contributed by atoms with Gasteiger partial charge in [0.2, 0.25) is 0 Å². The third kappa shape index (κ3) is 5.40. The number of tetrazole rings is 1. The quantitative estimate of drug-likeness (QED) is 0.442. The Labute approximate surface area is 195 Å². The molecule has 174 valence electrons. The molecule has 1 saturated heterocycles. The number of benzene rings is 2. The third-order valence-corrected chi connectivity index (χ3v) is 6.14. The summed E-state index contributed by atoms with van der Waals surface area (Å²) in [6.45, 7) is 9.28. The summed E-state index contributed by atoms with van der Waals surface area (Å²) in [5.41, 5.74) is 2.35. The summed E-state index contributed by atoms with van der Waals surface area (Å²) in [6.07, 6.45) is 2.83. The molecule has 0 saturated carbocycles. The van der Waals surface area contributed by atoms with E-state index < -0.39 is 0 Å². The van der Waals surface area contributed by atoms with Gasteiger partial charge in [-0.25, -0.2) is 4.68 Å². The van der Waals surface area contributed by atoms with Crippen LogP contribution in [0.5, 0.6) is 11.5 Å². The molecule has 1 aliphatic rings. The van der Waals surface area contributed by atoms with Gasteiger partial charge in [0.15, 0.2) is 17.3 Å². The zero-order valence-corrected chi connectivity index (χ0v) is 19.4. The van der Waals surface area contributed by atoms with Gasteiger partial charge in [-0.3, -0.25) is 9.80 Å². The number of piperazine rings is 1. The van der Waals surface area contributed by atoms with E-state index in [-0.39, 0.29) is 6.04 Å². The van der Waals surface area contributed by atoms with Crippen molar-refractivity contribution in [2.45, 2.75) is 19.0 Å². The van der Waals surface area contributed by atoms with Gasteiger partial charge >= 0.3 is 0 Å². The van der Waals surface area contributed by atoms with Crippen molar-refractivity contribution in [1.29, 1.82) is 0 Å². The second-order valence-electron chi connectivity index (χ2n) is 8.14. The average Bonchev–Trinajstić information content (AvgIpc) is 3.32. The van der Waals surface area contributed by atoms with E-state index in [4.69, 9.17) is 9.47 Å². The monoisotopic (exact) mass is 448 g/mol. The lowest BCUT2D eigenvalue weighted by Gasteiger charge is -2.38. The summed E-state index contributed by atoms with van der Waals surface area (Å²) in [4.78, 5) is 4.86. The first-order valence-electron chi connectivity index (χ1n) is 11.3. The van der Waals surface area contributed by atoms with Gasteiger partial charge in [0.1, 0.15) is 0 Å². The predicted octanol–water partition coefficient (Wildman–Crippen LogP) is 2.83. The summed E-state index contributed by atoms with van der Waals surface area (Å²) in [7, 11) is 3.31. The van der Waals surface area contributed by atoms with Crippen LogP contribution >= 0.6 is 0 Å². The molecule has 0 N–H and O–H groups in total. The minimum Gasteiger partial charge on any atom is -0.493 e. The van der Waals surface area contributed by atoms with Crippen molar-refractivity contribution in [3.8, 4) is 11.5 Å². The second-order valence-corrected chi connectivity index (χ2v) is 8.14. The van der Waals surface area contributed by atoms with Crippen molar-refractivity contribution in [3.05, 3.63) is 78.1 Å². The van der Waals surface area contributed by atoms with Gasteiger partial charge < -0.3 is 9.47 Å². The van der Waals surface area contributed by atoms with E-state index in [0.29, 0.717) is 18.0 Å². The Morgan fingerprint density at radius 1 is 1.00 bits per heavy atom. The highest BCUT2D eigenvalue weighted by atomic mass is 16.5. The molecule has 1 aromatic heterocycles. The van der Waals surface area contributed by atoms with E-state index in [9.17, 15) is 0 Å². The first-order chi connectivity index (χ1) is 16.2. The Bertz CT molecular complexity index is 1030. The lowest BCUT2D eigenvalue weighted by Crippen LogP contribution is -2.48. The van der Waals surface area contributed by atoms with Gasteiger partial charge in [0.25, 0.3) is 0 Å². The van der Waals surface area contributed by atoms with Crippen molar-refractivity contribution in [2.24, 2.45) is 0 Å². The number of nitrogens with zero attached hydrogens (tertiary/aromatic N) is 6. The van der Waals surface area contributed by atoms with E-state index in [1.807, 2.05) is 29.0 Å². The fraction of sp³-hybridized carbons (Fsp3) is 0.400. The third-order valence-electron chi connectivity index (χ3n) is 6.14. The summed E-state index contributed by atoms with van der Waals surface area (Å²) in [6, 6.07) is 16.4. The smallest absolute Gasteiger partial charge is 0.173 e. The molecule has 8 heteroatoms. The zero-order chi connectivity index (χ0) is 23.0. The van der Waals surface area contributed by atoms with Crippen molar-refractivity contribution >= 4 is 0 Å². The van der Waals surface area contributed by atoms with Gasteiger partial charge in [-0.05, 0) is 40.1 Å². The predicted molar refractivity (Wildman–Crippen MR) is 128 cm³/mol. The number of ether oxygens (including phenoxy) is 2. The van der Waals surface area contributed by atoms with Crippen LogP contribution in [-0.4, -0.2) is 77.0 Å². The molecule has 1 aliphatic heterocycles. The van der Waals surface area contributed by atoms with Crippen LogP contribution in [-0.2, 0) is 13.0 Å². The molecule has 1 atom stereocenters. The van der Waals surface area contributed by atoms with E-state index in [2.05, 4.69) is 62.2 Å². The van der Waals surface area contributed by atoms with Gasteiger partial charge in [-0.2, -0.15) is 0 Å². The Morgan fingerprint density at radius 2 is 1.76 bits per heavy atom. The minimum absolute atomic E-state index is 0.0820. The fourth-order valence-corrected chi connectivity index (χ4v) is 4.38. The molecule has 8 nitrogen and oxygen atoms in total. The zero-order valence-electron chi connectivity index (χ0n) is 19.4. The highest BCUT2D eigenvalue weighted by Gasteiger charge is 2.31. The summed E-state index contributed by atoms with van der Waals surface area (Å²) >= 11 is 0. The van der Waals surface area contributed by atoms with Gasteiger partial charge in [0.05, 0.1) is 20.3 Å². The molecular weight excluding hydrogens is 416 g/mol. The number of rotatable bonds is 10. The molecular formula is C25H32N6O2. The van der Waals surface area contributed by atoms with Crippen molar-refractivity contribution in [1.82, 2.24) is 30.0 Å². The van der Waals surface area contributed by atoms with Crippen LogP contribution in [0.1, 0.15) is 23.0 Å². The first-order valence-corrected chi connectivity index (χ1v) is 11.3. The molecule has 3 aromatic rings. The molecule has 0 spiro atoms. The Balaban J connectivity index is 1.64. The first kappa shape index (κ1) is 22.9. The van der Waals surface area contributed by atoms with Gasteiger partial charge in [-0.1, -0.05) is 42.5 Å². The van der Waals surface area contributed by atoms with Gasteiger partial charge in [0, 0.05) is 39.3 Å². The van der Waals surface area contributed by atoms with Crippen LogP contribution in [0.4, 0.5) is 0 Å². The highest BCUT2D eigenvalue weighted by Crippen LogP contribution is 2.35. The molecule has 4 rings (SSSR count). The lowest BCUT2D eigenvalue weighted by atomic mass is 10.0. The number of aryl methyl sites for hydroxylation is 2.